The van der Waals surface area contributed by atoms with Crippen molar-refractivity contribution in [3.05, 3.63) is 69.2 Å². The van der Waals surface area contributed by atoms with Crippen molar-refractivity contribution in [3.63, 3.8) is 0 Å². The third-order valence-corrected chi connectivity index (χ3v) is 4.10. The van der Waals surface area contributed by atoms with Crippen molar-refractivity contribution < 1.29 is 23.9 Å². The average molecular weight is 408 g/mol. The quantitative estimate of drug-likeness (QED) is 0.592. The van der Waals surface area contributed by atoms with Crippen LogP contribution >= 0.6 is 23.2 Å². The minimum Gasteiger partial charge on any atom is -0.465 e. The smallest absolute Gasteiger partial charge is 0.337 e. The zero-order valence-electron chi connectivity index (χ0n) is 14.4. The Morgan fingerprint density at radius 3 is 1.93 bits per heavy atom. The molecule has 27 heavy (non-hydrogen) atoms. The second kappa shape index (κ2) is 9.21. The fourth-order valence-electron chi connectivity index (χ4n) is 2.18. The van der Waals surface area contributed by atoms with Gasteiger partial charge in [-0.15, -0.1) is 0 Å². The topological polar surface area (TPSA) is 81.7 Å². The molecule has 2 rings (SSSR count). The summed E-state index contributed by atoms with van der Waals surface area (Å²) in [6.07, 6.45) is 2.70. The monoisotopic (exact) mass is 407 g/mol. The highest BCUT2D eigenvalue weighted by Crippen LogP contribution is 2.25. The molecular weight excluding hydrogens is 393 g/mol. The summed E-state index contributed by atoms with van der Waals surface area (Å²) in [4.78, 5) is 35.7. The standard InChI is InChI=1S/C19H15Cl2NO5/c1-26-18(24)11-8-12(19(25)27-2)10-13(9-11)22-17(23)7-6-14-15(20)4-3-5-16(14)21/h3-10H,1-2H3,(H,22,23)/b7-6+. The number of hydrogen-bond acceptors (Lipinski definition) is 5. The number of benzene rings is 2. The molecule has 0 bridgehead atoms. The van der Waals surface area contributed by atoms with Crippen LogP contribution in [0.3, 0.4) is 0 Å². The minimum absolute atomic E-state index is 0.0915. The van der Waals surface area contributed by atoms with Gasteiger partial charge < -0.3 is 14.8 Å². The Labute approximate surface area is 165 Å². The molecule has 0 saturated heterocycles. The van der Waals surface area contributed by atoms with E-state index in [4.69, 9.17) is 23.2 Å². The molecule has 8 heteroatoms. The molecule has 0 heterocycles. The molecular formula is C19H15Cl2NO5. The Balaban J connectivity index is 2.27. The van der Waals surface area contributed by atoms with Crippen LogP contribution < -0.4 is 5.32 Å². The van der Waals surface area contributed by atoms with Gasteiger partial charge in [-0.3, -0.25) is 4.79 Å². The Morgan fingerprint density at radius 1 is 0.926 bits per heavy atom. The molecule has 0 unspecified atom stereocenters. The number of halogens is 2. The number of amides is 1. The van der Waals surface area contributed by atoms with Gasteiger partial charge in [0.1, 0.15) is 0 Å². The van der Waals surface area contributed by atoms with E-state index in [1.807, 2.05) is 0 Å². The number of carbonyl (C=O) groups is 3. The molecule has 0 aliphatic carbocycles. The first-order valence-electron chi connectivity index (χ1n) is 7.60. The van der Waals surface area contributed by atoms with Crippen LogP contribution in [0.4, 0.5) is 5.69 Å². The maximum Gasteiger partial charge on any atom is 0.337 e. The van der Waals surface area contributed by atoms with E-state index in [1.54, 1.807) is 18.2 Å². The van der Waals surface area contributed by atoms with Gasteiger partial charge in [-0.1, -0.05) is 29.3 Å². The van der Waals surface area contributed by atoms with Gasteiger partial charge >= 0.3 is 11.9 Å². The van der Waals surface area contributed by atoms with Crippen LogP contribution in [-0.2, 0) is 14.3 Å². The summed E-state index contributed by atoms with van der Waals surface area (Å²) in [5, 5.41) is 3.35. The summed E-state index contributed by atoms with van der Waals surface area (Å²) < 4.78 is 9.30. The Kier molecular flexibility index (Phi) is 6.98. The van der Waals surface area contributed by atoms with Crippen molar-refractivity contribution in [2.45, 2.75) is 0 Å². The van der Waals surface area contributed by atoms with Crippen molar-refractivity contribution >= 4 is 52.8 Å². The zero-order valence-corrected chi connectivity index (χ0v) is 15.9. The number of methoxy groups -OCH3 is 2. The largest absolute Gasteiger partial charge is 0.465 e. The molecule has 0 aliphatic heterocycles. The highest BCUT2D eigenvalue weighted by Gasteiger charge is 2.14. The van der Waals surface area contributed by atoms with Gasteiger partial charge in [0, 0.05) is 27.4 Å². The van der Waals surface area contributed by atoms with Gasteiger partial charge in [0.15, 0.2) is 0 Å². The predicted molar refractivity (Wildman–Crippen MR) is 103 cm³/mol. The highest BCUT2D eigenvalue weighted by molar-refractivity contribution is 6.37. The SMILES string of the molecule is COC(=O)c1cc(NC(=O)/C=C/c2c(Cl)cccc2Cl)cc(C(=O)OC)c1. The van der Waals surface area contributed by atoms with Gasteiger partial charge in [0.05, 0.1) is 25.3 Å². The molecule has 0 aliphatic rings. The van der Waals surface area contributed by atoms with Gasteiger partial charge in [0.2, 0.25) is 5.91 Å². The lowest BCUT2D eigenvalue weighted by atomic mass is 10.1. The maximum atomic E-state index is 12.2. The number of anilines is 1. The number of nitrogens with one attached hydrogen (secondary N) is 1. The second-order valence-corrected chi connectivity index (χ2v) is 6.05. The fraction of sp³-hybridized carbons (Fsp3) is 0.105. The van der Waals surface area contributed by atoms with Crippen molar-refractivity contribution in [1.29, 1.82) is 0 Å². The first-order chi connectivity index (χ1) is 12.8. The van der Waals surface area contributed by atoms with Crippen molar-refractivity contribution in [3.8, 4) is 0 Å². The van der Waals surface area contributed by atoms with Gasteiger partial charge in [-0.25, -0.2) is 9.59 Å². The first-order valence-corrected chi connectivity index (χ1v) is 8.36. The Hall–Kier alpha value is -2.83. The minimum atomic E-state index is -0.658. The molecule has 0 aromatic heterocycles. The van der Waals surface area contributed by atoms with Crippen LogP contribution in [0.5, 0.6) is 0 Å². The van der Waals surface area contributed by atoms with E-state index >= 15 is 0 Å². The maximum absolute atomic E-state index is 12.2. The number of hydrogen-bond donors (Lipinski definition) is 1. The molecule has 140 valence electrons. The summed E-state index contributed by atoms with van der Waals surface area (Å²) in [6.45, 7) is 0. The number of rotatable bonds is 5. The molecule has 6 nitrogen and oxygen atoms in total. The molecule has 0 saturated carbocycles. The molecule has 2 aromatic rings. The third kappa shape index (κ3) is 5.32. The summed E-state index contributed by atoms with van der Waals surface area (Å²) in [5.41, 5.74) is 0.899. The normalized spacial score (nSPS) is 10.5. The molecule has 1 amide bonds. The van der Waals surface area contributed by atoms with Crippen LogP contribution in [0, 0.1) is 0 Å². The molecule has 0 atom stereocenters. The van der Waals surface area contributed by atoms with Gasteiger partial charge in [-0.2, -0.15) is 0 Å². The number of carbonyl (C=O) groups excluding carboxylic acids is 3. The van der Waals surface area contributed by atoms with Crippen molar-refractivity contribution in [2.24, 2.45) is 0 Å². The number of ether oxygens (including phenoxy) is 2. The average Bonchev–Trinajstić information content (AvgIpc) is 2.65. The van der Waals surface area contributed by atoms with E-state index in [9.17, 15) is 14.4 Å². The third-order valence-electron chi connectivity index (χ3n) is 3.44. The second-order valence-electron chi connectivity index (χ2n) is 5.24. The summed E-state index contributed by atoms with van der Waals surface area (Å²) in [5.74, 6) is -1.83. The Bertz CT molecular complexity index is 870. The zero-order chi connectivity index (χ0) is 20.0. The van der Waals surface area contributed by atoms with E-state index in [0.29, 0.717) is 15.6 Å². The van der Waals surface area contributed by atoms with E-state index in [1.165, 1.54) is 44.6 Å². The summed E-state index contributed by atoms with van der Waals surface area (Å²) in [6, 6.07) is 9.06. The molecule has 0 spiro atoms. The van der Waals surface area contributed by atoms with Crippen molar-refractivity contribution in [2.75, 3.05) is 19.5 Å². The van der Waals surface area contributed by atoms with Crippen LogP contribution in [0.2, 0.25) is 10.0 Å². The van der Waals surface area contributed by atoms with E-state index in [-0.39, 0.29) is 16.8 Å². The predicted octanol–water partition coefficient (Wildman–Crippen LogP) is 4.22. The highest BCUT2D eigenvalue weighted by atomic mass is 35.5. The lowest BCUT2D eigenvalue weighted by Gasteiger charge is -2.08. The van der Waals surface area contributed by atoms with Crippen LogP contribution in [0.25, 0.3) is 6.08 Å². The van der Waals surface area contributed by atoms with Gasteiger partial charge in [0.25, 0.3) is 0 Å². The molecule has 0 radical (unpaired) electrons. The summed E-state index contributed by atoms with van der Waals surface area (Å²) in [7, 11) is 2.42. The van der Waals surface area contributed by atoms with Crippen LogP contribution in [0.15, 0.2) is 42.5 Å². The number of esters is 2. The lowest BCUT2D eigenvalue weighted by Crippen LogP contribution is -2.12. The van der Waals surface area contributed by atoms with Crippen molar-refractivity contribution in [1.82, 2.24) is 0 Å². The van der Waals surface area contributed by atoms with Crippen LogP contribution in [-0.4, -0.2) is 32.1 Å². The molecule has 1 N–H and O–H groups in total. The Morgan fingerprint density at radius 2 is 1.44 bits per heavy atom. The summed E-state index contributed by atoms with van der Waals surface area (Å²) >= 11 is 12.1. The van der Waals surface area contributed by atoms with E-state index in [0.717, 1.165) is 0 Å². The fourth-order valence-corrected chi connectivity index (χ4v) is 2.71. The van der Waals surface area contributed by atoms with E-state index in [2.05, 4.69) is 14.8 Å². The van der Waals surface area contributed by atoms with Gasteiger partial charge in [-0.05, 0) is 36.4 Å². The molecule has 0 fully saturated rings. The lowest BCUT2D eigenvalue weighted by molar-refractivity contribution is -0.111. The molecule has 2 aromatic carbocycles. The van der Waals surface area contributed by atoms with Crippen LogP contribution in [0.1, 0.15) is 26.3 Å². The van der Waals surface area contributed by atoms with E-state index < -0.39 is 17.8 Å². The first kappa shape index (κ1) is 20.5.